The van der Waals surface area contributed by atoms with Gasteiger partial charge < -0.3 is 33.8 Å². The van der Waals surface area contributed by atoms with Gasteiger partial charge in [-0.05, 0) is 31.6 Å². The Bertz CT molecular complexity index is 1930. The Kier molecular flexibility index (Phi) is 73.5. The third-order valence-corrected chi connectivity index (χ3v) is 21.5. The highest BCUT2D eigenvalue weighted by Crippen LogP contribution is 2.45. The van der Waals surface area contributed by atoms with Crippen molar-refractivity contribution in [3.05, 3.63) is 0 Å². The number of unbranched alkanes of at least 4 members (excludes halogenated alkanes) is 53. The fourth-order valence-corrected chi connectivity index (χ4v) is 14.3. The highest BCUT2D eigenvalue weighted by Gasteiger charge is 2.30. The van der Waals surface area contributed by atoms with E-state index >= 15 is 0 Å². The van der Waals surface area contributed by atoms with E-state index < -0.39 is 97.5 Å². The van der Waals surface area contributed by atoms with Crippen LogP contribution in [0.4, 0.5) is 0 Å². The van der Waals surface area contributed by atoms with Gasteiger partial charge in [0.1, 0.15) is 19.3 Å². The van der Waals surface area contributed by atoms with Gasteiger partial charge in [0.05, 0.1) is 26.4 Å². The van der Waals surface area contributed by atoms with Crippen molar-refractivity contribution in [2.75, 3.05) is 39.6 Å². The summed E-state index contributed by atoms with van der Waals surface area (Å²) in [5.74, 6) is -1.37. The molecule has 0 rings (SSSR count). The first kappa shape index (κ1) is 99.1. The second-order valence-electron chi connectivity index (χ2n) is 29.8. The van der Waals surface area contributed by atoms with Crippen LogP contribution in [0, 0.1) is 5.92 Å². The van der Waals surface area contributed by atoms with E-state index in [0.29, 0.717) is 25.7 Å². The first-order valence-corrected chi connectivity index (χ1v) is 45.7. The van der Waals surface area contributed by atoms with Gasteiger partial charge in [-0.25, -0.2) is 9.13 Å². The lowest BCUT2D eigenvalue weighted by Gasteiger charge is -2.21. The minimum absolute atomic E-state index is 0.107. The van der Waals surface area contributed by atoms with Crippen LogP contribution in [0.1, 0.15) is 439 Å². The van der Waals surface area contributed by atoms with Crippen molar-refractivity contribution < 1.29 is 80.2 Å². The van der Waals surface area contributed by atoms with Gasteiger partial charge in [-0.1, -0.05) is 388 Å². The number of aliphatic hydroxyl groups is 1. The number of aliphatic hydroxyl groups excluding tert-OH is 1. The van der Waals surface area contributed by atoms with Crippen LogP contribution in [-0.4, -0.2) is 96.7 Å². The molecule has 0 aromatic rings. The van der Waals surface area contributed by atoms with E-state index in [4.69, 9.17) is 37.0 Å². The summed E-state index contributed by atoms with van der Waals surface area (Å²) in [5, 5.41) is 10.6. The maximum atomic E-state index is 13.1. The van der Waals surface area contributed by atoms with Crippen molar-refractivity contribution in [2.24, 2.45) is 5.92 Å². The Balaban J connectivity index is 5.22. The van der Waals surface area contributed by atoms with E-state index in [0.717, 1.165) is 102 Å². The predicted molar refractivity (Wildman–Crippen MR) is 414 cm³/mol. The molecule has 0 aromatic carbocycles. The summed E-state index contributed by atoms with van der Waals surface area (Å²) < 4.78 is 68.7. The zero-order valence-electron chi connectivity index (χ0n) is 66.1. The van der Waals surface area contributed by atoms with E-state index in [-0.39, 0.29) is 25.7 Å². The number of esters is 4. The smallest absolute Gasteiger partial charge is 0.462 e. The molecule has 0 spiro atoms. The Hall–Kier alpha value is -1.94. The molecule has 0 aliphatic heterocycles. The number of rotatable bonds is 82. The number of hydrogen-bond acceptors (Lipinski definition) is 15. The number of carbonyl (C=O) groups is 4. The van der Waals surface area contributed by atoms with E-state index in [2.05, 4.69) is 34.6 Å². The third-order valence-electron chi connectivity index (χ3n) is 19.6. The normalized spacial score (nSPS) is 14.1. The summed E-state index contributed by atoms with van der Waals surface area (Å²) >= 11 is 0. The molecule has 101 heavy (non-hydrogen) atoms. The van der Waals surface area contributed by atoms with Gasteiger partial charge >= 0.3 is 39.5 Å². The van der Waals surface area contributed by atoms with E-state index in [1.54, 1.807) is 0 Å². The Morgan fingerprint density at radius 3 is 0.703 bits per heavy atom. The summed E-state index contributed by atoms with van der Waals surface area (Å²) in [7, 11) is -9.92. The quantitative estimate of drug-likeness (QED) is 0.0222. The largest absolute Gasteiger partial charge is 0.472 e. The van der Waals surface area contributed by atoms with Crippen LogP contribution >= 0.6 is 15.6 Å². The van der Waals surface area contributed by atoms with Gasteiger partial charge in [0.15, 0.2) is 12.2 Å². The Morgan fingerprint density at radius 2 is 0.475 bits per heavy atom. The zero-order chi connectivity index (χ0) is 74.1. The molecule has 0 bridgehead atoms. The van der Waals surface area contributed by atoms with Crippen LogP contribution in [-0.2, 0) is 65.4 Å². The molecule has 0 fully saturated rings. The van der Waals surface area contributed by atoms with Crippen LogP contribution in [0.15, 0.2) is 0 Å². The molecule has 0 aliphatic carbocycles. The highest BCUT2D eigenvalue weighted by atomic mass is 31.2. The summed E-state index contributed by atoms with van der Waals surface area (Å²) in [5.41, 5.74) is 0. The molecule has 0 radical (unpaired) electrons. The van der Waals surface area contributed by atoms with E-state index in [1.165, 1.54) is 257 Å². The number of phosphoric acid groups is 2. The second-order valence-corrected chi connectivity index (χ2v) is 32.7. The zero-order valence-corrected chi connectivity index (χ0v) is 67.8. The van der Waals surface area contributed by atoms with Crippen LogP contribution in [0.5, 0.6) is 0 Å². The lowest BCUT2D eigenvalue weighted by Crippen LogP contribution is -2.30. The molecule has 0 amide bonds. The van der Waals surface area contributed by atoms with Crippen molar-refractivity contribution in [3.8, 4) is 0 Å². The average molecular weight is 1480 g/mol. The van der Waals surface area contributed by atoms with Gasteiger partial charge in [-0.2, -0.15) is 0 Å². The highest BCUT2D eigenvalue weighted by molar-refractivity contribution is 7.47. The average Bonchev–Trinajstić information content (AvgIpc) is 1.09. The SMILES string of the molecule is CCCCCCCCCCCCCCCCCCCCCCC(=O)O[C@H](COC(=O)CCCCCCCCCCCCCCCCCCCC)COP(=O)(O)OC[C@@H](O)COP(=O)(O)OC[C@@H](COC(=O)CCCCCCCCC(C)CC)OC(=O)CCCCCCCCCCCCCCC. The maximum Gasteiger partial charge on any atom is 0.472 e. The number of carbonyl (C=O) groups excluding carboxylic acids is 4. The molecular weight excluding hydrogens is 1320 g/mol. The molecular formula is C82H160O17P2. The van der Waals surface area contributed by atoms with Gasteiger partial charge in [-0.15, -0.1) is 0 Å². The van der Waals surface area contributed by atoms with Crippen molar-refractivity contribution in [3.63, 3.8) is 0 Å². The van der Waals surface area contributed by atoms with Crippen molar-refractivity contribution in [1.82, 2.24) is 0 Å². The lowest BCUT2D eigenvalue weighted by atomic mass is 10.00. The predicted octanol–water partition coefficient (Wildman–Crippen LogP) is 24.8. The molecule has 0 aromatic heterocycles. The second kappa shape index (κ2) is 74.9. The van der Waals surface area contributed by atoms with Crippen LogP contribution in [0.25, 0.3) is 0 Å². The number of ether oxygens (including phenoxy) is 4. The maximum absolute atomic E-state index is 13.1. The molecule has 0 heterocycles. The fraction of sp³-hybridized carbons (Fsp3) is 0.951. The van der Waals surface area contributed by atoms with Gasteiger partial charge in [-0.3, -0.25) is 37.3 Å². The third kappa shape index (κ3) is 74.7. The van der Waals surface area contributed by atoms with Gasteiger partial charge in [0.25, 0.3) is 0 Å². The summed E-state index contributed by atoms with van der Waals surface area (Å²) in [6.45, 7) is 7.30. The molecule has 0 saturated heterocycles. The standard InChI is InChI=1S/C82H160O17P2/c1-6-10-13-16-19-22-25-28-30-32-34-35-37-39-42-45-48-51-58-63-68-81(86)98-77(71-92-79(84)65-60-55-49-46-43-41-38-36-33-31-29-26-23-20-17-14-11-7-2)73-96-100(88,89)94-69-76(83)70-95-101(90,91)97-74-78(72-93-80(85)66-61-56-53-52-54-59-64-75(5)9-4)99-82(87)67-62-57-50-47-44-40-27-24-21-18-15-12-8-3/h75-78,83H,6-74H2,1-5H3,(H,88,89)(H,90,91)/t75?,76-,77-,78-/m1/s1. The lowest BCUT2D eigenvalue weighted by molar-refractivity contribution is -0.161. The summed E-state index contributed by atoms with van der Waals surface area (Å²) in [6, 6.07) is 0. The van der Waals surface area contributed by atoms with Crippen molar-refractivity contribution in [2.45, 2.75) is 457 Å². The minimum atomic E-state index is -4.96. The summed E-state index contributed by atoms with van der Waals surface area (Å²) in [4.78, 5) is 73.0. The fourth-order valence-electron chi connectivity index (χ4n) is 12.7. The van der Waals surface area contributed by atoms with Gasteiger partial charge in [0.2, 0.25) is 0 Å². The molecule has 0 aliphatic rings. The molecule has 600 valence electrons. The molecule has 3 N–H and O–H groups in total. The topological polar surface area (TPSA) is 237 Å². The van der Waals surface area contributed by atoms with Crippen molar-refractivity contribution in [1.29, 1.82) is 0 Å². The van der Waals surface area contributed by atoms with Gasteiger partial charge in [0, 0.05) is 25.7 Å². The Labute approximate surface area is 619 Å². The summed E-state index contributed by atoms with van der Waals surface area (Å²) in [6.07, 6.45) is 66.7. The number of hydrogen-bond donors (Lipinski definition) is 3. The van der Waals surface area contributed by atoms with Crippen LogP contribution < -0.4 is 0 Å². The first-order valence-electron chi connectivity index (χ1n) is 42.7. The van der Waals surface area contributed by atoms with Crippen molar-refractivity contribution >= 4 is 39.5 Å². The molecule has 6 atom stereocenters. The molecule has 0 saturated carbocycles. The minimum Gasteiger partial charge on any atom is -0.462 e. The molecule has 3 unspecified atom stereocenters. The first-order chi connectivity index (χ1) is 49.1. The Morgan fingerprint density at radius 1 is 0.277 bits per heavy atom. The molecule has 17 nitrogen and oxygen atoms in total. The van der Waals surface area contributed by atoms with E-state index in [9.17, 15) is 43.2 Å². The monoisotopic (exact) mass is 1480 g/mol. The van der Waals surface area contributed by atoms with Crippen LogP contribution in [0.2, 0.25) is 0 Å². The molecule has 19 heteroatoms. The van der Waals surface area contributed by atoms with Crippen LogP contribution in [0.3, 0.4) is 0 Å². The van der Waals surface area contributed by atoms with E-state index in [1.807, 2.05) is 0 Å². The number of phosphoric ester groups is 2.